The molecule has 1 heterocycles. The Balaban J connectivity index is 2.82. The summed E-state index contributed by atoms with van der Waals surface area (Å²) in [6.07, 6.45) is 0. The van der Waals surface area contributed by atoms with Gasteiger partial charge < -0.3 is 10.8 Å². The summed E-state index contributed by atoms with van der Waals surface area (Å²) in [6, 6.07) is 2.29. The molecule has 8 heteroatoms. The molecule has 0 amide bonds. The third-order valence-electron chi connectivity index (χ3n) is 2.85. The summed E-state index contributed by atoms with van der Waals surface area (Å²) in [4.78, 5) is 14.4. The van der Waals surface area contributed by atoms with Crippen molar-refractivity contribution in [3.63, 3.8) is 0 Å². The lowest BCUT2D eigenvalue weighted by molar-refractivity contribution is 0.0691. The fourth-order valence-corrected chi connectivity index (χ4v) is 1.92. The predicted molar refractivity (Wildman–Crippen MR) is 70.7 cm³/mol. The van der Waals surface area contributed by atoms with Crippen LogP contribution in [0, 0.1) is 24.4 Å². The number of anilines is 1. The molecule has 0 radical (unpaired) electrons. The molecule has 0 aliphatic rings. The lowest BCUT2D eigenvalue weighted by atomic mass is 10.1. The second kappa shape index (κ2) is 5.25. The molecule has 1 aromatic heterocycles. The van der Waals surface area contributed by atoms with Crippen molar-refractivity contribution in [2.75, 3.05) is 5.73 Å². The van der Waals surface area contributed by atoms with Gasteiger partial charge in [0.2, 0.25) is 0 Å². The van der Waals surface area contributed by atoms with Gasteiger partial charge in [0.05, 0.1) is 10.7 Å². The lowest BCUT2D eigenvalue weighted by Gasteiger charge is -2.11. The van der Waals surface area contributed by atoms with E-state index in [1.165, 1.54) is 13.0 Å². The molecule has 3 N–H and O–H groups in total. The number of nitrogens with zero attached hydrogens (tertiary/aromatic N) is 1. The van der Waals surface area contributed by atoms with Gasteiger partial charge in [0.25, 0.3) is 0 Å². The maximum atomic E-state index is 14.0. The second-order valence-electron chi connectivity index (χ2n) is 4.21. The molecule has 0 fully saturated rings. The first-order valence-corrected chi connectivity index (χ1v) is 5.96. The second-order valence-corrected chi connectivity index (χ2v) is 4.59. The van der Waals surface area contributed by atoms with E-state index in [1.54, 1.807) is 0 Å². The monoisotopic (exact) mass is 316 g/mol. The van der Waals surface area contributed by atoms with Crippen LogP contribution in [0.3, 0.4) is 0 Å². The molecule has 21 heavy (non-hydrogen) atoms. The first-order chi connectivity index (χ1) is 9.75. The predicted octanol–water partition coefficient (Wildman–Crippen LogP) is 3.41. The quantitative estimate of drug-likeness (QED) is 0.890. The molecule has 1 aromatic carbocycles. The van der Waals surface area contributed by atoms with Gasteiger partial charge in [-0.1, -0.05) is 17.7 Å². The van der Waals surface area contributed by atoms with Crippen LogP contribution in [0.25, 0.3) is 11.3 Å². The topological polar surface area (TPSA) is 76.2 Å². The number of nitrogen functional groups attached to an aromatic ring is 1. The van der Waals surface area contributed by atoms with E-state index in [4.69, 9.17) is 22.4 Å². The van der Waals surface area contributed by atoms with Crippen LogP contribution in [0.5, 0.6) is 0 Å². The Morgan fingerprint density at radius 1 is 1.24 bits per heavy atom. The molecule has 2 rings (SSSR count). The SMILES string of the molecule is Cc1ccc(-c2nc(C(=O)O)c(Cl)c(N)c2F)c(F)c1F. The largest absolute Gasteiger partial charge is 0.476 e. The smallest absolute Gasteiger partial charge is 0.356 e. The Morgan fingerprint density at radius 2 is 1.86 bits per heavy atom. The molecule has 0 spiro atoms. The molecular weight excluding hydrogens is 309 g/mol. The highest BCUT2D eigenvalue weighted by molar-refractivity contribution is 6.35. The fourth-order valence-electron chi connectivity index (χ4n) is 1.71. The molecule has 0 bridgehead atoms. The minimum Gasteiger partial charge on any atom is -0.476 e. The molecule has 0 unspecified atom stereocenters. The summed E-state index contributed by atoms with van der Waals surface area (Å²) in [5.41, 5.74) is 2.66. The molecule has 0 saturated carbocycles. The molecule has 0 atom stereocenters. The van der Waals surface area contributed by atoms with E-state index in [1.807, 2.05) is 0 Å². The number of carbonyl (C=O) groups is 1. The highest BCUT2D eigenvalue weighted by Gasteiger charge is 2.24. The number of carboxylic acid groups (broad SMARTS) is 1. The Labute approximate surface area is 122 Å². The van der Waals surface area contributed by atoms with E-state index in [2.05, 4.69) is 4.98 Å². The summed E-state index contributed by atoms with van der Waals surface area (Å²) in [5, 5.41) is 8.33. The van der Waals surface area contributed by atoms with E-state index < -0.39 is 51.1 Å². The molecule has 0 saturated heterocycles. The number of hydrogen-bond donors (Lipinski definition) is 2. The summed E-state index contributed by atoms with van der Waals surface area (Å²) >= 11 is 5.57. The summed E-state index contributed by atoms with van der Waals surface area (Å²) in [5.74, 6) is -5.31. The Bertz CT molecular complexity index is 766. The van der Waals surface area contributed by atoms with Gasteiger partial charge >= 0.3 is 5.97 Å². The lowest BCUT2D eigenvalue weighted by Crippen LogP contribution is -2.09. The molecule has 110 valence electrons. The van der Waals surface area contributed by atoms with Gasteiger partial charge in [-0.3, -0.25) is 0 Å². The molecule has 2 aromatic rings. The van der Waals surface area contributed by atoms with Crippen LogP contribution in [0.4, 0.5) is 18.9 Å². The van der Waals surface area contributed by atoms with Crippen LogP contribution in [-0.2, 0) is 0 Å². The van der Waals surface area contributed by atoms with Gasteiger partial charge in [0, 0.05) is 5.56 Å². The van der Waals surface area contributed by atoms with Gasteiger partial charge in [-0.05, 0) is 18.6 Å². The summed E-state index contributed by atoms with van der Waals surface area (Å²) < 4.78 is 41.5. The molecule has 4 nitrogen and oxygen atoms in total. The maximum absolute atomic E-state index is 14.0. The average Bonchev–Trinajstić information content (AvgIpc) is 2.43. The Hall–Kier alpha value is -2.28. The fraction of sp³-hybridized carbons (Fsp3) is 0.0769. The Morgan fingerprint density at radius 3 is 2.43 bits per heavy atom. The van der Waals surface area contributed by atoms with Crippen LogP contribution in [0.2, 0.25) is 5.02 Å². The van der Waals surface area contributed by atoms with Gasteiger partial charge in [-0.2, -0.15) is 0 Å². The van der Waals surface area contributed by atoms with Crippen molar-refractivity contribution in [3.05, 3.63) is 45.9 Å². The van der Waals surface area contributed by atoms with Crippen LogP contribution in [0.1, 0.15) is 16.1 Å². The molecular formula is C13H8ClF3N2O2. The standard InChI is InChI=1S/C13H8ClF3N2O2/c1-4-2-3-5(8(16)7(4)15)11-9(17)10(18)6(14)12(19-11)13(20)21/h2-3H,1H3,(H2,18,19)(H,20,21). The third kappa shape index (κ3) is 2.40. The number of pyridine rings is 1. The van der Waals surface area contributed by atoms with Crippen molar-refractivity contribution in [3.8, 4) is 11.3 Å². The van der Waals surface area contributed by atoms with E-state index >= 15 is 0 Å². The normalized spacial score (nSPS) is 10.7. The van der Waals surface area contributed by atoms with E-state index in [0.717, 1.165) is 6.07 Å². The summed E-state index contributed by atoms with van der Waals surface area (Å²) in [6.45, 7) is 1.32. The number of halogens is 4. The van der Waals surface area contributed by atoms with Crippen molar-refractivity contribution in [2.45, 2.75) is 6.92 Å². The summed E-state index contributed by atoms with van der Waals surface area (Å²) in [7, 11) is 0. The zero-order valence-corrected chi connectivity index (χ0v) is 11.3. The van der Waals surface area contributed by atoms with Crippen molar-refractivity contribution < 1.29 is 23.1 Å². The van der Waals surface area contributed by atoms with Crippen molar-refractivity contribution in [2.24, 2.45) is 0 Å². The number of nitrogens with two attached hydrogens (primary N) is 1. The molecule has 0 aliphatic carbocycles. The van der Waals surface area contributed by atoms with Crippen LogP contribution in [-0.4, -0.2) is 16.1 Å². The average molecular weight is 317 g/mol. The number of carboxylic acids is 1. The first kappa shape index (κ1) is 15.1. The highest BCUT2D eigenvalue weighted by atomic mass is 35.5. The number of hydrogen-bond acceptors (Lipinski definition) is 3. The number of rotatable bonds is 2. The van der Waals surface area contributed by atoms with Gasteiger partial charge in [-0.25, -0.2) is 22.9 Å². The van der Waals surface area contributed by atoms with Crippen molar-refractivity contribution in [1.29, 1.82) is 0 Å². The minimum atomic E-state index is -1.57. The van der Waals surface area contributed by atoms with Gasteiger partial charge in [0.15, 0.2) is 23.1 Å². The van der Waals surface area contributed by atoms with E-state index in [-0.39, 0.29) is 5.56 Å². The van der Waals surface area contributed by atoms with E-state index in [0.29, 0.717) is 0 Å². The van der Waals surface area contributed by atoms with Gasteiger partial charge in [0.1, 0.15) is 5.69 Å². The third-order valence-corrected chi connectivity index (χ3v) is 3.23. The Kier molecular flexibility index (Phi) is 3.78. The van der Waals surface area contributed by atoms with Crippen LogP contribution < -0.4 is 5.73 Å². The number of aromatic carboxylic acids is 1. The van der Waals surface area contributed by atoms with Crippen LogP contribution >= 0.6 is 11.6 Å². The molecule has 0 aliphatic heterocycles. The van der Waals surface area contributed by atoms with E-state index in [9.17, 15) is 18.0 Å². The zero-order valence-electron chi connectivity index (χ0n) is 10.5. The van der Waals surface area contributed by atoms with Crippen molar-refractivity contribution in [1.82, 2.24) is 4.98 Å². The maximum Gasteiger partial charge on any atom is 0.356 e. The van der Waals surface area contributed by atoms with Crippen molar-refractivity contribution >= 4 is 23.3 Å². The van der Waals surface area contributed by atoms with Crippen LogP contribution in [0.15, 0.2) is 12.1 Å². The zero-order chi connectivity index (χ0) is 15.9. The highest BCUT2D eigenvalue weighted by Crippen LogP contribution is 2.34. The first-order valence-electron chi connectivity index (χ1n) is 5.58. The van der Waals surface area contributed by atoms with Gasteiger partial charge in [-0.15, -0.1) is 0 Å². The minimum absolute atomic E-state index is 0.0112. The number of aromatic nitrogens is 1. The number of aryl methyl sites for hydroxylation is 1. The number of benzene rings is 1.